The number of hydrogen-bond acceptors (Lipinski definition) is 4. The highest BCUT2D eigenvalue weighted by atomic mass is 28.4. The van der Waals surface area contributed by atoms with E-state index >= 15 is 0 Å². The zero-order valence-electron chi connectivity index (χ0n) is 12.4. The van der Waals surface area contributed by atoms with Gasteiger partial charge < -0.3 is 17.7 Å². The lowest BCUT2D eigenvalue weighted by Crippen LogP contribution is -2.56. The number of hydrogen-bond donors (Lipinski definition) is 0. The molecule has 108 valence electrons. The van der Waals surface area contributed by atoms with Gasteiger partial charge in [-0.05, 0) is 46.8 Å². The molecule has 0 amide bonds. The summed E-state index contributed by atoms with van der Waals surface area (Å²) in [6, 6.07) is 9.48. The Hall–Kier alpha value is -0.883. The molecule has 0 radical (unpaired) electrons. The second-order valence-electron chi connectivity index (χ2n) is 5.00. The van der Waals surface area contributed by atoms with E-state index in [0.717, 1.165) is 0 Å². The van der Waals surface area contributed by atoms with Gasteiger partial charge in [-0.3, -0.25) is 0 Å². The molecule has 0 aromatic heterocycles. The lowest BCUT2D eigenvalue weighted by atomic mass is 10.2. The predicted octanol–water partition coefficient (Wildman–Crippen LogP) is 3.39. The minimum absolute atomic E-state index is 0.397. The van der Waals surface area contributed by atoms with Crippen LogP contribution in [0.25, 0.3) is 0 Å². The number of benzene rings is 1. The van der Waals surface area contributed by atoms with Crippen molar-refractivity contribution in [3.63, 3.8) is 0 Å². The van der Waals surface area contributed by atoms with Crippen LogP contribution in [0.5, 0.6) is 5.75 Å². The third-order valence-corrected chi connectivity index (χ3v) is 4.69. The van der Waals surface area contributed by atoms with Gasteiger partial charge in [-0.15, -0.1) is 0 Å². The smallest absolute Gasteiger partial charge is 0.480 e. The van der Waals surface area contributed by atoms with Crippen molar-refractivity contribution >= 4 is 9.05 Å². The summed E-state index contributed by atoms with van der Waals surface area (Å²) in [6.07, 6.45) is 0. The quantitative estimate of drug-likeness (QED) is 0.719. The van der Waals surface area contributed by atoms with Crippen molar-refractivity contribution in [2.24, 2.45) is 0 Å². The first-order chi connectivity index (χ1) is 8.91. The topological polar surface area (TPSA) is 36.9 Å². The highest BCUT2D eigenvalue weighted by Gasteiger charge is 2.51. The lowest BCUT2D eigenvalue weighted by molar-refractivity contribution is -0.0465. The zero-order chi connectivity index (χ0) is 14.4. The molecule has 0 saturated heterocycles. The van der Waals surface area contributed by atoms with Gasteiger partial charge in [0.15, 0.2) is 0 Å². The molecule has 1 aromatic rings. The van der Waals surface area contributed by atoms with E-state index in [1.807, 2.05) is 65.0 Å². The van der Waals surface area contributed by atoms with Crippen LogP contribution in [0.3, 0.4) is 0 Å². The van der Waals surface area contributed by atoms with Crippen LogP contribution >= 0.6 is 0 Å². The second-order valence-corrected chi connectivity index (χ2v) is 6.98. The Morgan fingerprint density at radius 2 is 1.47 bits per heavy atom. The summed E-state index contributed by atoms with van der Waals surface area (Å²) in [5.41, 5.74) is -0.397. The Morgan fingerprint density at radius 1 is 0.947 bits per heavy atom. The van der Waals surface area contributed by atoms with E-state index in [1.165, 1.54) is 0 Å². The molecule has 1 rings (SSSR count). The molecule has 1 aromatic carbocycles. The van der Waals surface area contributed by atoms with Gasteiger partial charge in [0.1, 0.15) is 5.75 Å². The van der Waals surface area contributed by atoms with Crippen molar-refractivity contribution in [2.75, 3.05) is 13.2 Å². The molecule has 0 bridgehead atoms. The summed E-state index contributed by atoms with van der Waals surface area (Å²) in [5, 5.41) is 0. The molecule has 0 heterocycles. The van der Waals surface area contributed by atoms with Gasteiger partial charge in [0.05, 0.1) is 5.60 Å². The van der Waals surface area contributed by atoms with Crippen LogP contribution < -0.4 is 4.43 Å². The maximum absolute atomic E-state index is 5.98. The minimum Gasteiger partial charge on any atom is -0.480 e. The van der Waals surface area contributed by atoms with Gasteiger partial charge in [0, 0.05) is 13.2 Å². The molecule has 0 saturated carbocycles. The fourth-order valence-electron chi connectivity index (χ4n) is 1.54. The Bertz CT molecular complexity index is 355. The molecule has 0 atom stereocenters. The van der Waals surface area contributed by atoms with Crippen molar-refractivity contribution in [3.05, 3.63) is 30.3 Å². The average molecular weight is 284 g/mol. The van der Waals surface area contributed by atoms with Gasteiger partial charge in [0.2, 0.25) is 0 Å². The highest BCUT2D eigenvalue weighted by molar-refractivity contribution is 6.54. The summed E-state index contributed by atoms with van der Waals surface area (Å²) in [5.74, 6) is 0.695. The molecule has 0 fully saturated rings. The molecular weight excluding hydrogens is 260 g/mol. The van der Waals surface area contributed by atoms with Crippen molar-refractivity contribution in [1.82, 2.24) is 0 Å². The van der Waals surface area contributed by atoms with E-state index in [0.29, 0.717) is 19.0 Å². The van der Waals surface area contributed by atoms with Gasteiger partial charge >= 0.3 is 9.05 Å². The summed E-state index contributed by atoms with van der Waals surface area (Å²) in [4.78, 5) is 0. The average Bonchev–Trinajstić information content (AvgIpc) is 2.28. The van der Waals surface area contributed by atoms with Gasteiger partial charge in [-0.25, -0.2) is 0 Å². The molecule has 0 aliphatic rings. The summed E-state index contributed by atoms with van der Waals surface area (Å²) >= 11 is 0. The van der Waals surface area contributed by atoms with Crippen molar-refractivity contribution in [3.8, 4) is 5.75 Å². The Morgan fingerprint density at radius 3 is 1.89 bits per heavy atom. The Balaban J connectivity index is 2.94. The normalized spacial score (nSPS) is 12.5. The summed E-state index contributed by atoms with van der Waals surface area (Å²) < 4.78 is 23.4. The number of para-hydroxylation sites is 1. The SMILES string of the molecule is CCO[Si](OCC)(Oc1ccccc1)OC(C)(C)C. The van der Waals surface area contributed by atoms with Crippen molar-refractivity contribution in [1.29, 1.82) is 0 Å². The van der Waals surface area contributed by atoms with Crippen LogP contribution in [-0.4, -0.2) is 27.9 Å². The van der Waals surface area contributed by atoms with Crippen LogP contribution in [0.15, 0.2) is 30.3 Å². The zero-order valence-corrected chi connectivity index (χ0v) is 13.4. The molecule has 0 unspecified atom stereocenters. The molecule has 4 nitrogen and oxygen atoms in total. The van der Waals surface area contributed by atoms with Gasteiger partial charge in [0.25, 0.3) is 0 Å². The Labute approximate surface area is 117 Å². The highest BCUT2D eigenvalue weighted by Crippen LogP contribution is 2.23. The van der Waals surface area contributed by atoms with E-state index in [-0.39, 0.29) is 0 Å². The molecule has 0 spiro atoms. The molecule has 0 aliphatic carbocycles. The molecule has 0 aliphatic heterocycles. The van der Waals surface area contributed by atoms with E-state index in [2.05, 4.69) is 0 Å². The van der Waals surface area contributed by atoms with E-state index in [9.17, 15) is 0 Å². The second kappa shape index (κ2) is 7.05. The van der Waals surface area contributed by atoms with Crippen LogP contribution in [-0.2, 0) is 13.3 Å². The van der Waals surface area contributed by atoms with E-state index in [4.69, 9.17) is 17.7 Å². The first-order valence-electron chi connectivity index (χ1n) is 6.63. The summed E-state index contributed by atoms with van der Waals surface area (Å²) in [7, 11) is -3.17. The standard InChI is InChI=1S/C14H24O4Si/c1-6-15-19(16-7-2,18-14(3,4)5)17-13-11-9-8-10-12-13/h8-12H,6-7H2,1-5H3. The fraction of sp³-hybridized carbons (Fsp3) is 0.571. The van der Waals surface area contributed by atoms with Crippen LogP contribution in [0.2, 0.25) is 0 Å². The van der Waals surface area contributed by atoms with E-state index < -0.39 is 14.6 Å². The van der Waals surface area contributed by atoms with Gasteiger partial charge in [-0.1, -0.05) is 18.2 Å². The van der Waals surface area contributed by atoms with E-state index in [1.54, 1.807) is 0 Å². The lowest BCUT2D eigenvalue weighted by Gasteiger charge is -2.33. The molecule has 19 heavy (non-hydrogen) atoms. The van der Waals surface area contributed by atoms with Crippen LogP contribution in [0.4, 0.5) is 0 Å². The first-order valence-corrected chi connectivity index (χ1v) is 8.26. The van der Waals surface area contributed by atoms with Crippen molar-refractivity contribution < 1.29 is 17.7 Å². The largest absolute Gasteiger partial charge is 0.750 e. The van der Waals surface area contributed by atoms with Gasteiger partial charge in [-0.2, -0.15) is 0 Å². The summed E-state index contributed by atoms with van der Waals surface area (Å²) in [6.45, 7) is 10.6. The fourth-order valence-corrected chi connectivity index (χ4v) is 3.78. The third kappa shape index (κ3) is 5.73. The maximum atomic E-state index is 5.98. The molecule has 0 N–H and O–H groups in total. The van der Waals surface area contributed by atoms with Crippen LogP contribution in [0, 0.1) is 0 Å². The molecular formula is C14H24O4Si. The number of rotatable bonds is 7. The predicted molar refractivity (Wildman–Crippen MR) is 76.9 cm³/mol. The minimum atomic E-state index is -3.17. The van der Waals surface area contributed by atoms with Crippen molar-refractivity contribution in [2.45, 2.75) is 40.2 Å². The third-order valence-electron chi connectivity index (χ3n) is 2.06. The maximum Gasteiger partial charge on any atom is 0.750 e. The first kappa shape index (κ1) is 16.2. The van der Waals surface area contributed by atoms with Crippen LogP contribution in [0.1, 0.15) is 34.6 Å². The molecule has 5 heteroatoms. The monoisotopic (exact) mass is 284 g/mol. The Kier molecular flexibility index (Phi) is 6.00.